The lowest BCUT2D eigenvalue weighted by Gasteiger charge is -2.22. The van der Waals surface area contributed by atoms with Crippen molar-refractivity contribution in [3.63, 3.8) is 0 Å². The summed E-state index contributed by atoms with van der Waals surface area (Å²) in [5.74, 6) is -3.66. The fraction of sp³-hybridized carbons (Fsp3) is 0.409. The fourth-order valence-corrected chi connectivity index (χ4v) is 16.1. The number of rotatable bonds is 24. The Kier molecular flexibility index (Phi) is 26.1. The number of sulfonamides is 3. The van der Waals surface area contributed by atoms with Gasteiger partial charge in [-0.15, -0.1) is 0 Å². The highest BCUT2D eigenvalue weighted by Gasteiger charge is 2.39. The molecule has 6 aromatic carbocycles. The highest BCUT2D eigenvalue weighted by molar-refractivity contribution is 7.93. The maximum atomic E-state index is 14.5. The zero-order valence-corrected chi connectivity index (χ0v) is 55.2. The number of carbonyl (C=O) groups is 3. The summed E-state index contributed by atoms with van der Waals surface area (Å²) in [7, 11) is -6.89. The van der Waals surface area contributed by atoms with Gasteiger partial charge in [0.25, 0.3) is 30.1 Å². The SMILES string of the molecule is Cc1cc2c(cc1F)C(NCCCCCCC(=O)O)c1ccccc1N(C)S2(=O)=O.Cc1cc2c(cc1F)C(NCCCCCCC(=O)O)c1ccccc1N(C)S2(=O)=O.Cc1cc2c(cc1F)C([NH2+]CCCCCCC(=O)O)c1ccccc1N(C)S2(=O)=O.[Cl-]. The molecule has 0 bridgehead atoms. The molecule has 0 aliphatic carbocycles. The number of aryl methyl sites for hydroxylation is 3. The third-order valence-electron chi connectivity index (χ3n) is 16.6. The van der Waals surface area contributed by atoms with Crippen LogP contribution < -0.4 is 41.3 Å². The molecule has 91 heavy (non-hydrogen) atoms. The van der Waals surface area contributed by atoms with Crippen LogP contribution in [0.25, 0.3) is 0 Å². The van der Waals surface area contributed by atoms with E-state index in [4.69, 9.17) is 15.3 Å². The quantitative estimate of drug-likeness (QED) is 0.0314. The molecule has 25 heteroatoms. The summed E-state index contributed by atoms with van der Waals surface area (Å²) >= 11 is 0. The predicted molar refractivity (Wildman–Crippen MR) is 340 cm³/mol. The lowest BCUT2D eigenvalue weighted by Crippen LogP contribution is -3.00. The molecule has 0 amide bonds. The van der Waals surface area contributed by atoms with E-state index in [9.17, 15) is 52.8 Å². The van der Waals surface area contributed by atoms with Crippen LogP contribution in [-0.2, 0) is 44.5 Å². The smallest absolute Gasteiger partial charge is 0.303 e. The molecule has 0 spiro atoms. The summed E-state index contributed by atoms with van der Waals surface area (Å²) in [5, 5.41) is 35.0. The van der Waals surface area contributed by atoms with E-state index in [0.717, 1.165) is 81.0 Å². The van der Waals surface area contributed by atoms with Crippen molar-refractivity contribution in [2.75, 3.05) is 53.7 Å². The zero-order chi connectivity index (χ0) is 65.7. The number of anilines is 3. The minimum Gasteiger partial charge on any atom is -1.00 e. The van der Waals surface area contributed by atoms with Gasteiger partial charge >= 0.3 is 17.9 Å². The number of nitrogens with zero attached hydrogens (tertiary/aromatic N) is 3. The van der Waals surface area contributed by atoms with Crippen LogP contribution in [0.3, 0.4) is 0 Å². The second kappa shape index (κ2) is 32.5. The number of halogens is 4. The summed E-state index contributed by atoms with van der Waals surface area (Å²) in [6.45, 7) is 6.62. The van der Waals surface area contributed by atoms with Gasteiger partial charge in [0.15, 0.2) is 0 Å². The second-order valence-corrected chi connectivity index (χ2v) is 28.8. The first kappa shape index (κ1) is 73.0. The number of nitrogens with two attached hydrogens (primary N) is 1. The molecule has 3 aliphatic heterocycles. The number of fused-ring (bicyclic) bond motifs is 6. The van der Waals surface area contributed by atoms with Crippen molar-refractivity contribution >= 4 is 65.0 Å². The molecule has 3 atom stereocenters. The fourth-order valence-electron chi connectivity index (χ4n) is 11.5. The number of carboxylic acid groups (broad SMARTS) is 3. The molecular weight excluding hydrogens is 1260 g/mol. The lowest BCUT2D eigenvalue weighted by atomic mass is 9.95. The highest BCUT2D eigenvalue weighted by atomic mass is 35.5. The van der Waals surface area contributed by atoms with Crippen LogP contribution in [0, 0.1) is 38.2 Å². The number of hydrogen-bond donors (Lipinski definition) is 6. The van der Waals surface area contributed by atoms with E-state index in [1.54, 1.807) is 57.2 Å². The van der Waals surface area contributed by atoms with E-state index in [-0.39, 0.29) is 63.5 Å². The number of aliphatic carboxylic acids is 3. The number of unbranched alkanes of at least 4 members (excludes halogenated alkanes) is 9. The van der Waals surface area contributed by atoms with Gasteiger partial charge in [-0.2, -0.15) is 0 Å². The Balaban J connectivity index is 0.000000216. The summed E-state index contributed by atoms with van der Waals surface area (Å²) in [5.41, 5.74) is 6.23. The zero-order valence-electron chi connectivity index (χ0n) is 52.0. The van der Waals surface area contributed by atoms with Gasteiger partial charge in [-0.1, -0.05) is 86.7 Å². The Morgan fingerprint density at radius 2 is 0.725 bits per heavy atom. The molecule has 0 fully saturated rings. The first-order chi connectivity index (χ1) is 42.7. The molecule has 0 saturated carbocycles. The minimum atomic E-state index is -3.82. The van der Waals surface area contributed by atoms with Crippen LogP contribution in [0.5, 0.6) is 0 Å². The van der Waals surface area contributed by atoms with Gasteiger partial charge in [0.1, 0.15) is 23.5 Å². The van der Waals surface area contributed by atoms with Gasteiger partial charge < -0.3 is 43.7 Å². The average Bonchev–Trinajstić information content (AvgIpc) is 1.67. The maximum Gasteiger partial charge on any atom is 0.303 e. The van der Waals surface area contributed by atoms with Crippen molar-refractivity contribution in [2.24, 2.45) is 0 Å². The first-order valence-corrected chi connectivity index (χ1v) is 34.6. The second-order valence-electron chi connectivity index (χ2n) is 23.0. The molecular formula is C66H82ClF3N6O12S3. The van der Waals surface area contributed by atoms with Gasteiger partial charge in [-0.05, 0) is 172 Å². The molecule has 0 radical (unpaired) electrons. The van der Waals surface area contributed by atoms with Crippen molar-refractivity contribution < 1.29 is 85.9 Å². The topological polar surface area (TPSA) is 265 Å². The van der Waals surface area contributed by atoms with Crippen molar-refractivity contribution in [1.82, 2.24) is 10.6 Å². The van der Waals surface area contributed by atoms with Gasteiger partial charge in [0.2, 0.25) is 0 Å². The first-order valence-electron chi connectivity index (χ1n) is 30.3. The van der Waals surface area contributed by atoms with Crippen LogP contribution in [-0.4, -0.2) is 99.3 Å². The van der Waals surface area contributed by atoms with Crippen molar-refractivity contribution in [3.8, 4) is 0 Å². The number of carboxylic acids is 3. The third kappa shape index (κ3) is 17.6. The van der Waals surface area contributed by atoms with Gasteiger partial charge in [-0.25, -0.2) is 38.4 Å². The Hall–Kier alpha value is -7.06. The van der Waals surface area contributed by atoms with Crippen LogP contribution >= 0.6 is 0 Å². The Bertz CT molecular complexity index is 3520. The van der Waals surface area contributed by atoms with E-state index >= 15 is 0 Å². The van der Waals surface area contributed by atoms with Crippen LogP contribution in [0.2, 0.25) is 0 Å². The molecule has 3 unspecified atom stereocenters. The molecule has 0 aromatic heterocycles. The number of hydrogen-bond acceptors (Lipinski definition) is 11. The van der Waals surface area contributed by atoms with Crippen molar-refractivity contribution in [1.29, 1.82) is 0 Å². The van der Waals surface area contributed by atoms with Crippen molar-refractivity contribution in [2.45, 2.75) is 150 Å². The Morgan fingerprint density at radius 1 is 0.429 bits per heavy atom. The van der Waals surface area contributed by atoms with Gasteiger partial charge in [0.05, 0.1) is 50.4 Å². The van der Waals surface area contributed by atoms with Crippen molar-refractivity contribution in [3.05, 3.63) is 177 Å². The lowest BCUT2D eigenvalue weighted by molar-refractivity contribution is -0.687. The van der Waals surface area contributed by atoms with Gasteiger partial charge in [-0.3, -0.25) is 27.3 Å². The van der Waals surface area contributed by atoms with E-state index in [2.05, 4.69) is 16.0 Å². The molecule has 494 valence electrons. The highest BCUT2D eigenvalue weighted by Crippen LogP contribution is 2.44. The van der Waals surface area contributed by atoms with E-state index in [0.29, 0.717) is 71.7 Å². The predicted octanol–water partition coefficient (Wildman–Crippen LogP) is 7.94. The molecule has 6 aromatic rings. The molecule has 3 aliphatic rings. The Labute approximate surface area is 538 Å². The molecule has 7 N–H and O–H groups in total. The van der Waals surface area contributed by atoms with E-state index in [1.165, 1.54) is 70.5 Å². The van der Waals surface area contributed by atoms with E-state index < -0.39 is 77.5 Å². The third-order valence-corrected chi connectivity index (χ3v) is 22.1. The molecule has 0 saturated heterocycles. The van der Waals surface area contributed by atoms with Crippen LogP contribution in [0.1, 0.15) is 165 Å². The van der Waals surface area contributed by atoms with Crippen LogP contribution in [0.4, 0.5) is 30.2 Å². The van der Waals surface area contributed by atoms with Gasteiger partial charge in [0, 0.05) is 51.5 Å². The number of para-hydroxylation sites is 3. The summed E-state index contributed by atoms with van der Waals surface area (Å²) < 4.78 is 127. The normalized spacial score (nSPS) is 17.0. The number of quaternary nitrogens is 1. The summed E-state index contributed by atoms with van der Waals surface area (Å²) in [6, 6.07) is 28.8. The molecule has 9 rings (SSSR count). The summed E-state index contributed by atoms with van der Waals surface area (Å²) in [6.07, 6.45) is 10.0. The van der Waals surface area contributed by atoms with E-state index in [1.807, 2.05) is 36.4 Å². The Morgan fingerprint density at radius 3 is 1.09 bits per heavy atom. The largest absolute Gasteiger partial charge is 1.00 e. The molecule has 3 heterocycles. The standard InChI is InChI=1S/3C22H27FN2O4S.ClH/c3*1-15-13-20-17(14-18(15)23)22(24-12-8-4-3-5-11-21(26)27)16-9-6-7-10-19(16)25(2)30(20,28)29;/h3*6-7,9-10,13-14,22,24H,3-5,8,11-12H2,1-2H3,(H,26,27);1H. The summed E-state index contributed by atoms with van der Waals surface area (Å²) in [4.78, 5) is 32.2. The molecule has 18 nitrogen and oxygen atoms in total. The monoisotopic (exact) mass is 1340 g/mol. The minimum absolute atomic E-state index is 0. The maximum absolute atomic E-state index is 14.5. The van der Waals surface area contributed by atoms with Crippen LogP contribution in [0.15, 0.2) is 124 Å². The number of benzene rings is 6. The average molecular weight is 1340 g/mol. The number of nitrogens with one attached hydrogen (secondary N) is 2.